The fourth-order valence-electron chi connectivity index (χ4n) is 4.88. The van der Waals surface area contributed by atoms with Crippen molar-refractivity contribution in [3.8, 4) is 0 Å². The highest BCUT2D eigenvalue weighted by molar-refractivity contribution is 5.78. The van der Waals surface area contributed by atoms with E-state index >= 15 is 0 Å². The molecule has 2 aliphatic rings. The Morgan fingerprint density at radius 1 is 0.906 bits per heavy atom. The second kappa shape index (κ2) is 12.2. The molecule has 32 heavy (non-hydrogen) atoms. The molecule has 6 heteroatoms. The fourth-order valence-corrected chi connectivity index (χ4v) is 4.88. The van der Waals surface area contributed by atoms with E-state index in [2.05, 4.69) is 59.0 Å². The molecule has 3 rings (SSSR count). The van der Waals surface area contributed by atoms with Gasteiger partial charge in [0.1, 0.15) is 0 Å². The first-order valence-electron chi connectivity index (χ1n) is 12.6. The summed E-state index contributed by atoms with van der Waals surface area (Å²) in [6.07, 6.45) is 8.77. The molecule has 2 fully saturated rings. The van der Waals surface area contributed by atoms with Gasteiger partial charge in [0.15, 0.2) is 0 Å². The number of hydrogen-bond acceptors (Lipinski definition) is 3. The molecule has 1 saturated heterocycles. The van der Waals surface area contributed by atoms with Crippen molar-refractivity contribution in [2.75, 3.05) is 19.6 Å². The van der Waals surface area contributed by atoms with Crippen LogP contribution in [0.1, 0.15) is 82.9 Å². The summed E-state index contributed by atoms with van der Waals surface area (Å²) in [7, 11) is 0. The number of hydrogen-bond donors (Lipinski definition) is 3. The maximum Gasteiger partial charge on any atom is 0.315 e. The van der Waals surface area contributed by atoms with Crippen molar-refractivity contribution in [2.24, 2.45) is 5.92 Å². The van der Waals surface area contributed by atoms with Crippen molar-refractivity contribution in [3.63, 3.8) is 0 Å². The van der Waals surface area contributed by atoms with Gasteiger partial charge in [-0.05, 0) is 56.1 Å². The zero-order valence-corrected chi connectivity index (χ0v) is 20.2. The van der Waals surface area contributed by atoms with Crippen molar-refractivity contribution < 1.29 is 9.59 Å². The number of likely N-dealkylation sites (tertiary alicyclic amines) is 1. The molecule has 1 aliphatic heterocycles. The fraction of sp³-hybridized carbons (Fsp3) is 0.692. The summed E-state index contributed by atoms with van der Waals surface area (Å²) < 4.78 is 0. The van der Waals surface area contributed by atoms with E-state index < -0.39 is 0 Å². The van der Waals surface area contributed by atoms with Crippen molar-refractivity contribution in [3.05, 3.63) is 35.4 Å². The zero-order valence-electron chi connectivity index (χ0n) is 20.2. The minimum atomic E-state index is -0.0265. The molecule has 178 valence electrons. The standard InChI is InChI=1S/C26H42N4O2/c1-19(2)17-21-9-11-22(12-10-21)20(3)27-25(31)18-30-15-13-24(14-16-30)29-26(32)28-23-7-5-4-6-8-23/h9-12,19-20,23-24H,4-8,13-18H2,1-3H3,(H,27,31)(H2,28,29,32). The van der Waals surface area contributed by atoms with Crippen LogP contribution in [-0.4, -0.2) is 48.6 Å². The number of amides is 3. The maximum atomic E-state index is 12.6. The van der Waals surface area contributed by atoms with Gasteiger partial charge in [0, 0.05) is 25.2 Å². The van der Waals surface area contributed by atoms with Crippen LogP contribution >= 0.6 is 0 Å². The summed E-state index contributed by atoms with van der Waals surface area (Å²) >= 11 is 0. The highest BCUT2D eigenvalue weighted by Crippen LogP contribution is 2.18. The number of carbonyl (C=O) groups is 2. The third-order valence-corrected chi connectivity index (χ3v) is 6.73. The van der Waals surface area contributed by atoms with Crippen LogP contribution < -0.4 is 16.0 Å². The molecule has 1 aromatic carbocycles. The van der Waals surface area contributed by atoms with Gasteiger partial charge in [0.05, 0.1) is 12.6 Å². The van der Waals surface area contributed by atoms with Crippen LogP contribution in [0, 0.1) is 5.92 Å². The highest BCUT2D eigenvalue weighted by Gasteiger charge is 2.24. The second-order valence-corrected chi connectivity index (χ2v) is 10.1. The van der Waals surface area contributed by atoms with Crippen LogP contribution in [0.3, 0.4) is 0 Å². The van der Waals surface area contributed by atoms with Crippen LogP contribution in [0.5, 0.6) is 0 Å². The first kappa shape index (κ1) is 24.6. The third kappa shape index (κ3) is 8.12. The maximum absolute atomic E-state index is 12.6. The van der Waals surface area contributed by atoms with E-state index in [0.29, 0.717) is 18.5 Å². The molecule has 0 aromatic heterocycles. The molecule has 3 amide bonds. The van der Waals surface area contributed by atoms with Gasteiger partial charge in [-0.25, -0.2) is 4.79 Å². The number of nitrogens with one attached hydrogen (secondary N) is 3. The SMILES string of the molecule is CC(C)Cc1ccc(C(C)NC(=O)CN2CCC(NC(=O)NC3CCCCC3)CC2)cc1. The Hall–Kier alpha value is -2.08. The van der Waals surface area contributed by atoms with E-state index in [1.54, 1.807) is 0 Å². The van der Waals surface area contributed by atoms with E-state index in [1.807, 2.05) is 6.92 Å². The Bertz CT molecular complexity index is 720. The van der Waals surface area contributed by atoms with Crippen LogP contribution in [0.15, 0.2) is 24.3 Å². The molecular weight excluding hydrogens is 400 g/mol. The summed E-state index contributed by atoms with van der Waals surface area (Å²) in [6, 6.07) is 9.08. The molecule has 1 aliphatic carbocycles. The molecule has 6 nitrogen and oxygen atoms in total. The van der Waals surface area contributed by atoms with Crippen molar-refractivity contribution in [1.29, 1.82) is 0 Å². The van der Waals surface area contributed by atoms with E-state index in [-0.39, 0.29) is 24.0 Å². The van der Waals surface area contributed by atoms with E-state index in [0.717, 1.165) is 50.8 Å². The second-order valence-electron chi connectivity index (χ2n) is 10.1. The molecule has 0 spiro atoms. The molecule has 0 radical (unpaired) electrons. The lowest BCUT2D eigenvalue weighted by Crippen LogP contribution is -2.51. The average Bonchev–Trinajstić information content (AvgIpc) is 2.76. The van der Waals surface area contributed by atoms with Crippen LogP contribution in [0.2, 0.25) is 0 Å². The number of benzene rings is 1. The normalized spacial score (nSPS) is 19.5. The molecule has 0 bridgehead atoms. The van der Waals surface area contributed by atoms with Crippen LogP contribution in [0.25, 0.3) is 0 Å². The topological polar surface area (TPSA) is 73.5 Å². The van der Waals surface area contributed by atoms with Gasteiger partial charge in [0.2, 0.25) is 5.91 Å². The zero-order chi connectivity index (χ0) is 22.9. The first-order valence-corrected chi connectivity index (χ1v) is 12.6. The summed E-state index contributed by atoms with van der Waals surface area (Å²) in [4.78, 5) is 27.0. The molecule has 1 atom stereocenters. The highest BCUT2D eigenvalue weighted by atomic mass is 16.2. The van der Waals surface area contributed by atoms with Gasteiger partial charge in [-0.3, -0.25) is 9.69 Å². The summed E-state index contributed by atoms with van der Waals surface area (Å²) in [5.74, 6) is 0.703. The predicted octanol–water partition coefficient (Wildman–Crippen LogP) is 4.16. The quantitative estimate of drug-likeness (QED) is 0.566. The Morgan fingerprint density at radius 2 is 1.50 bits per heavy atom. The Kier molecular flexibility index (Phi) is 9.39. The molecule has 1 saturated carbocycles. The predicted molar refractivity (Wildman–Crippen MR) is 130 cm³/mol. The largest absolute Gasteiger partial charge is 0.348 e. The van der Waals surface area contributed by atoms with Crippen molar-refractivity contribution in [2.45, 2.75) is 90.3 Å². The number of piperidine rings is 1. The van der Waals surface area contributed by atoms with Gasteiger partial charge in [-0.15, -0.1) is 0 Å². The molecule has 1 aromatic rings. The lowest BCUT2D eigenvalue weighted by molar-refractivity contribution is -0.123. The molecule has 1 unspecified atom stereocenters. The van der Waals surface area contributed by atoms with Crippen molar-refractivity contribution in [1.82, 2.24) is 20.9 Å². The first-order chi connectivity index (χ1) is 15.4. The van der Waals surface area contributed by atoms with E-state index in [9.17, 15) is 9.59 Å². The van der Waals surface area contributed by atoms with Gasteiger partial charge in [0.25, 0.3) is 0 Å². The van der Waals surface area contributed by atoms with Gasteiger partial charge >= 0.3 is 6.03 Å². The Labute approximate surface area is 193 Å². The van der Waals surface area contributed by atoms with E-state index in [1.165, 1.54) is 24.8 Å². The lowest BCUT2D eigenvalue weighted by Gasteiger charge is -2.32. The third-order valence-electron chi connectivity index (χ3n) is 6.73. The minimum Gasteiger partial charge on any atom is -0.348 e. The van der Waals surface area contributed by atoms with Gasteiger partial charge in [-0.1, -0.05) is 57.4 Å². The number of carbonyl (C=O) groups excluding carboxylic acids is 2. The average molecular weight is 443 g/mol. The van der Waals surface area contributed by atoms with E-state index in [4.69, 9.17) is 0 Å². The Morgan fingerprint density at radius 3 is 2.09 bits per heavy atom. The Balaban J connectivity index is 1.34. The van der Waals surface area contributed by atoms with Gasteiger partial charge < -0.3 is 16.0 Å². The summed E-state index contributed by atoms with van der Waals surface area (Å²) in [5, 5.41) is 9.40. The molecule has 1 heterocycles. The number of nitrogens with zero attached hydrogens (tertiary/aromatic N) is 1. The van der Waals surface area contributed by atoms with Crippen LogP contribution in [-0.2, 0) is 11.2 Å². The van der Waals surface area contributed by atoms with Crippen LogP contribution in [0.4, 0.5) is 4.79 Å². The number of urea groups is 1. The molecule has 3 N–H and O–H groups in total. The summed E-state index contributed by atoms with van der Waals surface area (Å²) in [5.41, 5.74) is 2.48. The minimum absolute atomic E-state index is 0.00158. The number of rotatable bonds is 8. The lowest BCUT2D eigenvalue weighted by atomic mass is 9.96. The monoisotopic (exact) mass is 442 g/mol. The smallest absolute Gasteiger partial charge is 0.315 e. The van der Waals surface area contributed by atoms with Gasteiger partial charge in [-0.2, -0.15) is 0 Å². The van der Waals surface area contributed by atoms with Crippen molar-refractivity contribution >= 4 is 11.9 Å². The molecular formula is C26H42N4O2. The summed E-state index contributed by atoms with van der Waals surface area (Å²) in [6.45, 7) is 8.57.